The molecule has 3 aromatic rings. The van der Waals surface area contributed by atoms with E-state index in [1.165, 1.54) is 0 Å². The van der Waals surface area contributed by atoms with E-state index < -0.39 is 5.97 Å². The molecule has 1 aliphatic heterocycles. The topological polar surface area (TPSA) is 60.3 Å². The molecule has 152 valence electrons. The Bertz CT molecular complexity index is 1200. The molecule has 0 saturated carbocycles. The monoisotopic (exact) mass is 400 g/mol. The molecule has 0 aliphatic carbocycles. The number of aromatic nitrogens is 1. The molecule has 0 fully saturated rings. The zero-order chi connectivity index (χ0) is 21.3. The van der Waals surface area contributed by atoms with Crippen LogP contribution in [0.5, 0.6) is 0 Å². The minimum Gasteiger partial charge on any atom is -0.462 e. The molecule has 0 radical (unpaired) electrons. The van der Waals surface area contributed by atoms with E-state index >= 15 is 0 Å². The Morgan fingerprint density at radius 3 is 2.47 bits per heavy atom. The van der Waals surface area contributed by atoms with Gasteiger partial charge in [-0.3, -0.25) is 4.79 Å². The minimum atomic E-state index is -0.502. The van der Waals surface area contributed by atoms with Gasteiger partial charge in [-0.05, 0) is 38.5 Å². The highest BCUT2D eigenvalue weighted by Gasteiger charge is 2.34. The maximum absolute atomic E-state index is 13.0. The van der Waals surface area contributed by atoms with Gasteiger partial charge in [0.05, 0.1) is 23.5 Å². The number of fused-ring (bicyclic) bond motifs is 1. The summed E-state index contributed by atoms with van der Waals surface area (Å²) in [5.74, 6) is -0.803. The number of nitrogens with one attached hydrogen (secondary N) is 1. The molecule has 0 saturated heterocycles. The number of esters is 1. The molecular formula is C25H24N2O3. The highest BCUT2D eigenvalue weighted by molar-refractivity contribution is 6.23. The standard InChI is InChI=1S/C25H24N2O3/c1-4-27-16(3)19(18-13-9-10-14-21(18)27)15-20-22(25(29)30-5-2)23(26-24(20)28)17-11-7-6-8-12-17/h6-15H,4-5H2,1-3H3,(H,26,28). The number of carbonyl (C=O) groups excluding carboxylic acids is 2. The largest absolute Gasteiger partial charge is 0.462 e. The number of hydrogen-bond acceptors (Lipinski definition) is 3. The lowest BCUT2D eigenvalue weighted by atomic mass is 10.00. The predicted octanol–water partition coefficient (Wildman–Crippen LogP) is 4.46. The van der Waals surface area contributed by atoms with Crippen LogP contribution in [0.1, 0.15) is 30.7 Å². The molecule has 1 aromatic heterocycles. The molecule has 0 spiro atoms. The molecule has 2 heterocycles. The summed E-state index contributed by atoms with van der Waals surface area (Å²) in [7, 11) is 0. The van der Waals surface area contributed by atoms with Gasteiger partial charge >= 0.3 is 5.97 Å². The first-order valence-electron chi connectivity index (χ1n) is 10.1. The van der Waals surface area contributed by atoms with Crippen molar-refractivity contribution in [3.05, 3.63) is 82.6 Å². The number of nitrogens with zero attached hydrogens (tertiary/aromatic N) is 1. The van der Waals surface area contributed by atoms with Gasteiger partial charge in [0.25, 0.3) is 5.91 Å². The summed E-state index contributed by atoms with van der Waals surface area (Å²) in [5, 5.41) is 3.93. The Hall–Kier alpha value is -3.60. The third kappa shape index (κ3) is 3.22. The molecule has 0 atom stereocenters. The SMILES string of the molecule is CCOC(=O)C1=C(c2ccccc2)NC(=O)C1=Cc1c(C)n(CC)c2ccccc12. The molecule has 1 aliphatic rings. The average molecular weight is 400 g/mol. The van der Waals surface area contributed by atoms with Crippen LogP contribution in [0, 0.1) is 6.92 Å². The van der Waals surface area contributed by atoms with Crippen molar-refractivity contribution in [2.24, 2.45) is 0 Å². The van der Waals surface area contributed by atoms with Gasteiger partial charge in [-0.25, -0.2) is 4.79 Å². The summed E-state index contributed by atoms with van der Waals surface area (Å²) in [6.07, 6.45) is 1.82. The van der Waals surface area contributed by atoms with Crippen molar-refractivity contribution < 1.29 is 14.3 Å². The van der Waals surface area contributed by atoms with Gasteiger partial charge in [0.1, 0.15) is 0 Å². The zero-order valence-corrected chi connectivity index (χ0v) is 17.4. The van der Waals surface area contributed by atoms with E-state index in [1.54, 1.807) is 6.92 Å². The number of amides is 1. The zero-order valence-electron chi connectivity index (χ0n) is 17.4. The Labute approximate surface area is 175 Å². The van der Waals surface area contributed by atoms with Gasteiger partial charge in [0.15, 0.2) is 0 Å². The molecule has 5 heteroatoms. The fourth-order valence-corrected chi connectivity index (χ4v) is 4.06. The average Bonchev–Trinajstić information content (AvgIpc) is 3.23. The Balaban J connectivity index is 1.95. The third-order valence-corrected chi connectivity index (χ3v) is 5.43. The Kier molecular flexibility index (Phi) is 5.27. The van der Waals surface area contributed by atoms with Crippen LogP contribution in [0.15, 0.2) is 65.7 Å². The number of benzene rings is 2. The highest BCUT2D eigenvalue weighted by Crippen LogP contribution is 2.34. The molecule has 5 nitrogen and oxygen atoms in total. The summed E-state index contributed by atoms with van der Waals surface area (Å²) < 4.78 is 7.51. The van der Waals surface area contributed by atoms with E-state index in [4.69, 9.17) is 4.74 Å². The normalized spacial score (nSPS) is 15.2. The van der Waals surface area contributed by atoms with Crippen LogP contribution in [0.2, 0.25) is 0 Å². The first-order valence-corrected chi connectivity index (χ1v) is 10.1. The number of para-hydroxylation sites is 1. The van der Waals surface area contributed by atoms with Gasteiger partial charge in [-0.15, -0.1) is 0 Å². The molecule has 2 aromatic carbocycles. The maximum atomic E-state index is 13.0. The fraction of sp³-hybridized carbons (Fsp3) is 0.200. The van der Waals surface area contributed by atoms with Crippen LogP contribution < -0.4 is 5.32 Å². The van der Waals surface area contributed by atoms with E-state index in [0.717, 1.165) is 34.3 Å². The Morgan fingerprint density at radius 1 is 1.07 bits per heavy atom. The second-order valence-electron chi connectivity index (χ2n) is 7.11. The highest BCUT2D eigenvalue weighted by atomic mass is 16.5. The number of ether oxygens (including phenoxy) is 1. The van der Waals surface area contributed by atoms with Crippen molar-refractivity contribution >= 4 is 34.6 Å². The van der Waals surface area contributed by atoms with Gasteiger partial charge in [-0.1, -0.05) is 48.5 Å². The molecule has 4 rings (SSSR count). The summed E-state index contributed by atoms with van der Waals surface area (Å²) in [6, 6.07) is 17.5. The number of carbonyl (C=O) groups is 2. The van der Waals surface area contributed by atoms with E-state index in [-0.39, 0.29) is 18.1 Å². The lowest BCUT2D eigenvalue weighted by molar-refractivity contribution is -0.138. The minimum absolute atomic E-state index is 0.236. The first-order chi connectivity index (χ1) is 14.6. The van der Waals surface area contributed by atoms with E-state index in [0.29, 0.717) is 11.3 Å². The second-order valence-corrected chi connectivity index (χ2v) is 7.11. The maximum Gasteiger partial charge on any atom is 0.341 e. The van der Waals surface area contributed by atoms with Crippen LogP contribution in [0.3, 0.4) is 0 Å². The van der Waals surface area contributed by atoms with Crippen molar-refractivity contribution in [1.29, 1.82) is 0 Å². The summed E-state index contributed by atoms with van der Waals surface area (Å²) >= 11 is 0. The lowest BCUT2D eigenvalue weighted by Gasteiger charge is -2.07. The molecule has 30 heavy (non-hydrogen) atoms. The van der Waals surface area contributed by atoms with Crippen molar-refractivity contribution in [2.75, 3.05) is 6.61 Å². The van der Waals surface area contributed by atoms with Crippen molar-refractivity contribution in [1.82, 2.24) is 9.88 Å². The van der Waals surface area contributed by atoms with Crippen molar-refractivity contribution in [3.8, 4) is 0 Å². The molecule has 0 unspecified atom stereocenters. The number of rotatable bonds is 5. The number of hydrogen-bond donors (Lipinski definition) is 1. The van der Waals surface area contributed by atoms with Crippen molar-refractivity contribution in [2.45, 2.75) is 27.3 Å². The van der Waals surface area contributed by atoms with Crippen LogP contribution >= 0.6 is 0 Å². The summed E-state index contributed by atoms with van der Waals surface area (Å²) in [5.41, 5.74) is 4.96. The van der Waals surface area contributed by atoms with Gasteiger partial charge < -0.3 is 14.6 Å². The fourth-order valence-electron chi connectivity index (χ4n) is 4.06. The van der Waals surface area contributed by atoms with Crippen LogP contribution in [-0.4, -0.2) is 23.1 Å². The third-order valence-electron chi connectivity index (χ3n) is 5.43. The van der Waals surface area contributed by atoms with Gasteiger partial charge in [0, 0.05) is 28.7 Å². The van der Waals surface area contributed by atoms with Crippen LogP contribution in [-0.2, 0) is 20.9 Å². The van der Waals surface area contributed by atoms with Gasteiger partial charge in [-0.2, -0.15) is 0 Å². The van der Waals surface area contributed by atoms with E-state index in [2.05, 4.69) is 22.9 Å². The molecule has 1 amide bonds. The van der Waals surface area contributed by atoms with E-state index in [9.17, 15) is 9.59 Å². The summed E-state index contributed by atoms with van der Waals surface area (Å²) in [4.78, 5) is 25.8. The van der Waals surface area contributed by atoms with Crippen molar-refractivity contribution in [3.63, 3.8) is 0 Å². The predicted molar refractivity (Wildman–Crippen MR) is 118 cm³/mol. The smallest absolute Gasteiger partial charge is 0.341 e. The lowest BCUT2D eigenvalue weighted by Crippen LogP contribution is -2.15. The quantitative estimate of drug-likeness (QED) is 0.508. The first kappa shape index (κ1) is 19.7. The molecule has 1 N–H and O–H groups in total. The van der Waals surface area contributed by atoms with Crippen LogP contribution in [0.25, 0.3) is 22.7 Å². The number of aryl methyl sites for hydroxylation is 1. The van der Waals surface area contributed by atoms with E-state index in [1.807, 2.05) is 61.5 Å². The van der Waals surface area contributed by atoms with Gasteiger partial charge in [0.2, 0.25) is 0 Å². The second kappa shape index (κ2) is 8.03. The molecular weight excluding hydrogens is 376 g/mol. The summed E-state index contributed by atoms with van der Waals surface area (Å²) in [6.45, 7) is 6.94. The van der Waals surface area contributed by atoms with Crippen LogP contribution in [0.4, 0.5) is 0 Å². The molecule has 0 bridgehead atoms. The Morgan fingerprint density at radius 2 is 1.77 bits per heavy atom.